The lowest BCUT2D eigenvalue weighted by Gasteiger charge is -2.24. The Bertz CT molecular complexity index is 486. The Kier molecular flexibility index (Phi) is 4.72. The van der Waals surface area contributed by atoms with Gasteiger partial charge in [-0.2, -0.15) is 0 Å². The summed E-state index contributed by atoms with van der Waals surface area (Å²) in [5, 5.41) is 0.734. The zero-order chi connectivity index (χ0) is 14.7. The molecule has 1 unspecified atom stereocenters. The highest BCUT2D eigenvalue weighted by atomic mass is 35.5. The smallest absolute Gasteiger partial charge is 0.124 e. The molecule has 1 spiro atoms. The summed E-state index contributed by atoms with van der Waals surface area (Å²) < 4.78 is 12.3. The standard InChI is InChI=1S/C17H24ClNO2/c18-15-4-3-5-16(14(15)7-11-19)20-12-13-6-10-17(21-13)8-1-2-9-17/h3-5,13H,1-2,6-12,19H2. The molecule has 21 heavy (non-hydrogen) atoms. The molecular formula is C17H24ClNO2. The predicted octanol–water partition coefficient (Wildman–Crippen LogP) is 3.71. The lowest BCUT2D eigenvalue weighted by Crippen LogP contribution is -2.27. The normalized spacial score (nSPS) is 23.8. The molecule has 2 fully saturated rings. The first-order chi connectivity index (χ1) is 10.2. The van der Waals surface area contributed by atoms with E-state index in [2.05, 4.69) is 0 Å². The van der Waals surface area contributed by atoms with Gasteiger partial charge in [0, 0.05) is 10.6 Å². The predicted molar refractivity (Wildman–Crippen MR) is 85.0 cm³/mol. The van der Waals surface area contributed by atoms with Crippen LogP contribution in [0.15, 0.2) is 18.2 Å². The van der Waals surface area contributed by atoms with Crippen LogP contribution >= 0.6 is 11.6 Å². The first kappa shape index (κ1) is 15.1. The van der Waals surface area contributed by atoms with Gasteiger partial charge in [0.1, 0.15) is 12.4 Å². The Morgan fingerprint density at radius 2 is 2.10 bits per heavy atom. The fourth-order valence-electron chi connectivity index (χ4n) is 3.64. The molecule has 1 aliphatic heterocycles. The van der Waals surface area contributed by atoms with E-state index in [0.717, 1.165) is 29.2 Å². The number of hydrogen-bond donors (Lipinski definition) is 1. The summed E-state index contributed by atoms with van der Waals surface area (Å²) in [4.78, 5) is 0. The van der Waals surface area contributed by atoms with Crippen LogP contribution in [-0.4, -0.2) is 24.9 Å². The van der Waals surface area contributed by atoms with Crippen molar-refractivity contribution in [1.29, 1.82) is 0 Å². The van der Waals surface area contributed by atoms with Crippen molar-refractivity contribution in [3.63, 3.8) is 0 Å². The fraction of sp³-hybridized carbons (Fsp3) is 0.647. The quantitative estimate of drug-likeness (QED) is 0.901. The Hall–Kier alpha value is -0.770. The third kappa shape index (κ3) is 3.36. The molecule has 3 nitrogen and oxygen atoms in total. The van der Waals surface area contributed by atoms with Crippen molar-refractivity contribution in [2.24, 2.45) is 5.73 Å². The average molecular weight is 310 g/mol. The Morgan fingerprint density at radius 3 is 2.86 bits per heavy atom. The highest BCUT2D eigenvalue weighted by Crippen LogP contribution is 2.43. The van der Waals surface area contributed by atoms with Gasteiger partial charge in [0.2, 0.25) is 0 Å². The van der Waals surface area contributed by atoms with Crippen LogP contribution in [-0.2, 0) is 11.2 Å². The van der Waals surface area contributed by atoms with Gasteiger partial charge in [0.05, 0.1) is 11.7 Å². The summed E-state index contributed by atoms with van der Waals surface area (Å²) in [7, 11) is 0. The minimum Gasteiger partial charge on any atom is -0.491 e. The molecule has 1 aliphatic carbocycles. The molecule has 4 heteroatoms. The van der Waals surface area contributed by atoms with Gasteiger partial charge in [-0.15, -0.1) is 0 Å². The topological polar surface area (TPSA) is 44.5 Å². The van der Waals surface area contributed by atoms with Crippen LogP contribution in [0.1, 0.15) is 44.1 Å². The highest BCUT2D eigenvalue weighted by molar-refractivity contribution is 6.31. The van der Waals surface area contributed by atoms with Crippen molar-refractivity contribution in [2.45, 2.75) is 56.7 Å². The maximum atomic E-state index is 6.28. The molecule has 1 saturated carbocycles. The van der Waals surface area contributed by atoms with Gasteiger partial charge in [-0.3, -0.25) is 0 Å². The van der Waals surface area contributed by atoms with E-state index in [1.807, 2.05) is 18.2 Å². The van der Waals surface area contributed by atoms with Crippen molar-refractivity contribution in [3.05, 3.63) is 28.8 Å². The van der Waals surface area contributed by atoms with Crippen molar-refractivity contribution in [1.82, 2.24) is 0 Å². The minimum absolute atomic E-state index is 0.169. The molecule has 0 radical (unpaired) electrons. The van der Waals surface area contributed by atoms with Gasteiger partial charge in [0.25, 0.3) is 0 Å². The molecule has 1 atom stereocenters. The largest absolute Gasteiger partial charge is 0.491 e. The molecule has 0 bridgehead atoms. The SMILES string of the molecule is NCCc1c(Cl)cccc1OCC1CCC2(CCCC2)O1. The van der Waals surface area contributed by atoms with Crippen LogP contribution in [0.3, 0.4) is 0 Å². The molecule has 1 aromatic carbocycles. The first-order valence-electron chi connectivity index (χ1n) is 8.00. The van der Waals surface area contributed by atoms with Crippen LogP contribution in [0.5, 0.6) is 5.75 Å². The van der Waals surface area contributed by atoms with Gasteiger partial charge in [-0.25, -0.2) is 0 Å². The van der Waals surface area contributed by atoms with E-state index in [0.29, 0.717) is 13.2 Å². The second kappa shape index (κ2) is 6.55. The molecule has 0 aromatic heterocycles. The molecule has 0 amide bonds. The van der Waals surface area contributed by atoms with Crippen LogP contribution in [0.25, 0.3) is 0 Å². The summed E-state index contributed by atoms with van der Waals surface area (Å²) in [5.74, 6) is 0.851. The third-order valence-electron chi connectivity index (χ3n) is 4.75. The van der Waals surface area contributed by atoms with Crippen molar-refractivity contribution >= 4 is 11.6 Å². The second-order valence-electron chi connectivity index (χ2n) is 6.23. The van der Waals surface area contributed by atoms with Gasteiger partial charge in [-0.1, -0.05) is 30.5 Å². The zero-order valence-electron chi connectivity index (χ0n) is 12.4. The van der Waals surface area contributed by atoms with Crippen molar-refractivity contribution in [3.8, 4) is 5.75 Å². The molecule has 2 aliphatic rings. The van der Waals surface area contributed by atoms with Gasteiger partial charge >= 0.3 is 0 Å². The summed E-state index contributed by atoms with van der Waals surface area (Å²) in [5.41, 5.74) is 6.83. The lowest BCUT2D eigenvalue weighted by atomic mass is 9.98. The minimum atomic E-state index is 0.169. The number of rotatable bonds is 5. The van der Waals surface area contributed by atoms with Crippen LogP contribution in [0, 0.1) is 0 Å². The molecular weight excluding hydrogens is 286 g/mol. The summed E-state index contributed by atoms with van der Waals surface area (Å²) in [6.07, 6.45) is 8.31. The molecule has 1 aromatic rings. The van der Waals surface area contributed by atoms with E-state index in [1.54, 1.807) is 0 Å². The number of ether oxygens (including phenoxy) is 2. The van der Waals surface area contributed by atoms with Crippen molar-refractivity contribution < 1.29 is 9.47 Å². The molecule has 2 N–H and O–H groups in total. The average Bonchev–Trinajstić information content (AvgIpc) is 3.10. The third-order valence-corrected chi connectivity index (χ3v) is 5.10. The summed E-state index contributed by atoms with van der Waals surface area (Å²) in [6.45, 7) is 1.18. The summed E-state index contributed by atoms with van der Waals surface area (Å²) in [6, 6.07) is 5.78. The Morgan fingerprint density at radius 1 is 1.29 bits per heavy atom. The van der Waals surface area contributed by atoms with Gasteiger partial charge in [-0.05, 0) is 50.8 Å². The Labute approximate surface area is 131 Å². The maximum absolute atomic E-state index is 6.28. The maximum Gasteiger partial charge on any atom is 0.124 e. The zero-order valence-corrected chi connectivity index (χ0v) is 13.2. The summed E-state index contributed by atoms with van der Waals surface area (Å²) >= 11 is 6.24. The van der Waals surface area contributed by atoms with E-state index in [4.69, 9.17) is 26.8 Å². The van der Waals surface area contributed by atoms with E-state index >= 15 is 0 Å². The highest BCUT2D eigenvalue weighted by Gasteiger charge is 2.42. The van der Waals surface area contributed by atoms with Gasteiger partial charge in [0.15, 0.2) is 0 Å². The van der Waals surface area contributed by atoms with E-state index < -0.39 is 0 Å². The van der Waals surface area contributed by atoms with Gasteiger partial charge < -0.3 is 15.2 Å². The fourth-order valence-corrected chi connectivity index (χ4v) is 3.90. The number of halogens is 1. The van der Waals surface area contributed by atoms with E-state index in [-0.39, 0.29) is 11.7 Å². The van der Waals surface area contributed by atoms with Crippen LogP contribution in [0.4, 0.5) is 0 Å². The second-order valence-corrected chi connectivity index (χ2v) is 6.64. The van der Waals surface area contributed by atoms with Crippen LogP contribution in [0.2, 0.25) is 5.02 Å². The van der Waals surface area contributed by atoms with E-state index in [1.165, 1.54) is 32.1 Å². The molecule has 116 valence electrons. The molecule has 1 saturated heterocycles. The van der Waals surface area contributed by atoms with E-state index in [9.17, 15) is 0 Å². The lowest BCUT2D eigenvalue weighted by molar-refractivity contribution is -0.0509. The monoisotopic (exact) mass is 309 g/mol. The van der Waals surface area contributed by atoms with Crippen LogP contribution < -0.4 is 10.5 Å². The molecule has 1 heterocycles. The first-order valence-corrected chi connectivity index (χ1v) is 8.38. The number of benzene rings is 1. The van der Waals surface area contributed by atoms with Crippen molar-refractivity contribution in [2.75, 3.05) is 13.2 Å². The number of nitrogens with two attached hydrogens (primary N) is 1. The molecule has 3 rings (SSSR count). The Balaban J connectivity index is 1.59. The number of hydrogen-bond acceptors (Lipinski definition) is 3.